The van der Waals surface area contributed by atoms with Crippen LogP contribution in [0.25, 0.3) is 11.3 Å². The van der Waals surface area contributed by atoms with Gasteiger partial charge < -0.3 is 9.15 Å². The molecule has 7 heteroatoms. The van der Waals surface area contributed by atoms with E-state index in [0.717, 1.165) is 16.3 Å². The number of thioether (sulfide) groups is 1. The summed E-state index contributed by atoms with van der Waals surface area (Å²) >= 11 is 1.48. The lowest BCUT2D eigenvalue weighted by atomic mass is 10.2. The molecule has 0 unspecified atom stereocenters. The van der Waals surface area contributed by atoms with Gasteiger partial charge in [0.05, 0.1) is 18.6 Å². The largest absolute Gasteiger partial charge is 0.463 e. The van der Waals surface area contributed by atoms with Crippen LogP contribution in [0.15, 0.2) is 58.2 Å². The Labute approximate surface area is 136 Å². The number of ether oxygens (including phenoxy) is 1. The normalized spacial score (nSPS) is 10.5. The number of aromatic nitrogens is 3. The van der Waals surface area contributed by atoms with E-state index in [2.05, 4.69) is 19.9 Å². The average Bonchev–Trinajstić information content (AvgIpc) is 3.09. The molecule has 0 aliphatic carbocycles. The Morgan fingerprint density at radius 3 is 2.65 bits per heavy atom. The minimum Gasteiger partial charge on any atom is -0.463 e. The Morgan fingerprint density at radius 1 is 1.13 bits per heavy atom. The Bertz CT molecular complexity index is 788. The molecule has 0 fully saturated rings. The van der Waals surface area contributed by atoms with Gasteiger partial charge in [-0.1, -0.05) is 11.8 Å². The van der Waals surface area contributed by atoms with Crippen LogP contribution >= 0.6 is 11.8 Å². The summed E-state index contributed by atoms with van der Waals surface area (Å²) in [4.78, 5) is 15.3. The predicted octanol–water partition coefficient (Wildman–Crippen LogP) is 3.21. The van der Waals surface area contributed by atoms with Crippen molar-refractivity contribution < 1.29 is 13.9 Å². The third kappa shape index (κ3) is 3.75. The number of esters is 1. The molecule has 0 N–H and O–H groups in total. The van der Waals surface area contributed by atoms with Gasteiger partial charge in [-0.25, -0.2) is 4.79 Å². The van der Waals surface area contributed by atoms with Crippen molar-refractivity contribution in [3.63, 3.8) is 0 Å². The number of nitrogens with zero attached hydrogens (tertiary/aromatic N) is 3. The molecule has 0 aliphatic heterocycles. The van der Waals surface area contributed by atoms with Crippen LogP contribution < -0.4 is 0 Å². The van der Waals surface area contributed by atoms with Crippen molar-refractivity contribution in [3.8, 4) is 11.3 Å². The van der Waals surface area contributed by atoms with Crippen LogP contribution in [0.4, 0.5) is 0 Å². The molecule has 0 saturated heterocycles. The number of rotatable bonds is 5. The summed E-state index contributed by atoms with van der Waals surface area (Å²) in [6.07, 6.45) is 3.44. The van der Waals surface area contributed by atoms with Crippen molar-refractivity contribution in [1.29, 1.82) is 0 Å². The van der Waals surface area contributed by atoms with Gasteiger partial charge in [0, 0.05) is 18.0 Å². The van der Waals surface area contributed by atoms with Crippen molar-refractivity contribution in [2.75, 3.05) is 7.11 Å². The highest BCUT2D eigenvalue weighted by atomic mass is 32.2. The summed E-state index contributed by atoms with van der Waals surface area (Å²) < 4.78 is 10.0. The van der Waals surface area contributed by atoms with Gasteiger partial charge in [0.15, 0.2) is 0 Å². The number of carbonyl (C=O) groups excluding carboxylic acids is 1. The van der Waals surface area contributed by atoms with Gasteiger partial charge in [-0.3, -0.25) is 4.98 Å². The van der Waals surface area contributed by atoms with E-state index in [0.29, 0.717) is 11.5 Å². The molecule has 0 aromatic carbocycles. The van der Waals surface area contributed by atoms with Gasteiger partial charge in [-0.05, 0) is 36.4 Å². The standard InChI is InChI=1S/C16H13N3O3S/c1-21-16(20)14-4-2-12(22-14)10-23-15-5-3-13(18-19-15)11-6-8-17-9-7-11/h2-9H,10H2,1H3. The van der Waals surface area contributed by atoms with Crippen LogP contribution in [0.2, 0.25) is 0 Å². The van der Waals surface area contributed by atoms with Crippen molar-refractivity contribution >= 4 is 17.7 Å². The highest BCUT2D eigenvalue weighted by Gasteiger charge is 2.11. The molecule has 3 aromatic rings. The van der Waals surface area contributed by atoms with E-state index in [-0.39, 0.29) is 5.76 Å². The van der Waals surface area contributed by atoms with Crippen LogP contribution in [0.1, 0.15) is 16.3 Å². The summed E-state index contributed by atoms with van der Waals surface area (Å²) in [6.45, 7) is 0. The molecule has 0 radical (unpaired) electrons. The van der Waals surface area contributed by atoms with Crippen LogP contribution in [-0.2, 0) is 10.5 Å². The fourth-order valence-corrected chi connectivity index (χ4v) is 2.59. The molecule has 0 spiro atoms. The molecule has 3 rings (SSSR count). The summed E-state index contributed by atoms with van der Waals surface area (Å²) in [6, 6.07) is 10.9. The van der Waals surface area contributed by atoms with E-state index in [1.54, 1.807) is 24.5 Å². The maximum absolute atomic E-state index is 11.3. The van der Waals surface area contributed by atoms with E-state index in [4.69, 9.17) is 4.42 Å². The summed E-state index contributed by atoms with van der Waals surface area (Å²) in [5.74, 6) is 0.945. The monoisotopic (exact) mass is 327 g/mol. The Kier molecular flexibility index (Phi) is 4.68. The maximum atomic E-state index is 11.3. The molecule has 3 aromatic heterocycles. The van der Waals surface area contributed by atoms with E-state index >= 15 is 0 Å². The van der Waals surface area contributed by atoms with Gasteiger partial charge in [0.25, 0.3) is 0 Å². The first-order chi connectivity index (χ1) is 11.3. The predicted molar refractivity (Wildman–Crippen MR) is 84.9 cm³/mol. The zero-order valence-electron chi connectivity index (χ0n) is 12.3. The molecule has 3 heterocycles. The topological polar surface area (TPSA) is 78.1 Å². The van der Waals surface area contributed by atoms with Crippen LogP contribution in [0.5, 0.6) is 0 Å². The average molecular weight is 327 g/mol. The second kappa shape index (κ2) is 7.06. The van der Waals surface area contributed by atoms with Crippen molar-refractivity contribution in [2.45, 2.75) is 10.8 Å². The number of carbonyl (C=O) groups is 1. The van der Waals surface area contributed by atoms with Gasteiger partial charge in [-0.2, -0.15) is 0 Å². The van der Waals surface area contributed by atoms with Crippen LogP contribution in [-0.4, -0.2) is 28.3 Å². The Balaban J connectivity index is 1.63. The first-order valence-corrected chi connectivity index (χ1v) is 7.79. The smallest absolute Gasteiger partial charge is 0.373 e. The van der Waals surface area contributed by atoms with Crippen molar-refractivity contribution in [1.82, 2.24) is 15.2 Å². The molecular formula is C16H13N3O3S. The number of hydrogen-bond acceptors (Lipinski definition) is 7. The number of hydrogen-bond donors (Lipinski definition) is 0. The van der Waals surface area contributed by atoms with E-state index in [9.17, 15) is 4.79 Å². The first-order valence-electron chi connectivity index (χ1n) is 6.80. The number of methoxy groups -OCH3 is 1. The zero-order valence-corrected chi connectivity index (χ0v) is 13.1. The maximum Gasteiger partial charge on any atom is 0.373 e. The first kappa shape index (κ1) is 15.2. The minimum atomic E-state index is -0.484. The SMILES string of the molecule is COC(=O)c1ccc(CSc2ccc(-c3ccncc3)nn2)o1. The highest BCUT2D eigenvalue weighted by Crippen LogP contribution is 2.23. The quantitative estimate of drug-likeness (QED) is 0.526. The van der Waals surface area contributed by atoms with Gasteiger partial charge in [0.1, 0.15) is 10.8 Å². The second-order valence-corrected chi connectivity index (χ2v) is 5.53. The third-order valence-electron chi connectivity index (χ3n) is 3.03. The molecule has 0 amide bonds. The lowest BCUT2D eigenvalue weighted by Gasteiger charge is -2.01. The summed E-state index contributed by atoms with van der Waals surface area (Å²) in [5.41, 5.74) is 1.76. The number of furan rings is 1. The molecular weight excluding hydrogens is 314 g/mol. The number of pyridine rings is 1. The Hall–Kier alpha value is -2.67. The molecule has 0 saturated carbocycles. The third-order valence-corrected chi connectivity index (χ3v) is 3.97. The Morgan fingerprint density at radius 2 is 1.96 bits per heavy atom. The van der Waals surface area contributed by atoms with Gasteiger partial charge in [0.2, 0.25) is 5.76 Å². The van der Waals surface area contributed by atoms with E-state index < -0.39 is 5.97 Å². The minimum absolute atomic E-state index is 0.196. The summed E-state index contributed by atoms with van der Waals surface area (Å²) in [7, 11) is 1.32. The summed E-state index contributed by atoms with van der Waals surface area (Å²) in [5, 5.41) is 9.17. The van der Waals surface area contributed by atoms with Crippen LogP contribution in [0, 0.1) is 0 Å². The van der Waals surface area contributed by atoms with Gasteiger partial charge >= 0.3 is 5.97 Å². The fourth-order valence-electron chi connectivity index (χ4n) is 1.88. The molecule has 0 aliphatic rings. The van der Waals surface area contributed by atoms with Crippen molar-refractivity contribution in [3.05, 3.63) is 60.3 Å². The molecule has 6 nitrogen and oxygen atoms in total. The fraction of sp³-hybridized carbons (Fsp3) is 0.125. The zero-order chi connectivity index (χ0) is 16.1. The lowest BCUT2D eigenvalue weighted by molar-refractivity contribution is 0.0563. The van der Waals surface area contributed by atoms with Crippen LogP contribution in [0.3, 0.4) is 0 Å². The van der Waals surface area contributed by atoms with E-state index in [1.807, 2.05) is 24.3 Å². The molecule has 116 valence electrons. The lowest BCUT2D eigenvalue weighted by Crippen LogP contribution is -1.98. The second-order valence-electron chi connectivity index (χ2n) is 4.54. The van der Waals surface area contributed by atoms with E-state index in [1.165, 1.54) is 18.9 Å². The van der Waals surface area contributed by atoms with Gasteiger partial charge in [-0.15, -0.1) is 10.2 Å². The highest BCUT2D eigenvalue weighted by molar-refractivity contribution is 7.98. The van der Waals surface area contributed by atoms with Crippen molar-refractivity contribution in [2.24, 2.45) is 0 Å². The molecule has 0 atom stereocenters. The molecule has 0 bridgehead atoms. The molecule has 23 heavy (non-hydrogen) atoms.